The van der Waals surface area contributed by atoms with Crippen molar-refractivity contribution in [3.8, 4) is 0 Å². The van der Waals surface area contributed by atoms with Gasteiger partial charge < -0.3 is 15.9 Å². The predicted octanol–water partition coefficient (Wildman–Crippen LogP) is 1.05. The Hall–Kier alpha value is -2.14. The number of carboxylic acids is 2. The van der Waals surface area contributed by atoms with Crippen molar-refractivity contribution in [3.63, 3.8) is 0 Å². The van der Waals surface area contributed by atoms with Crippen LogP contribution in [0.5, 0.6) is 0 Å². The van der Waals surface area contributed by atoms with Crippen molar-refractivity contribution in [1.82, 2.24) is 0 Å². The van der Waals surface area contributed by atoms with E-state index in [0.29, 0.717) is 5.56 Å². The second-order valence-electron chi connectivity index (χ2n) is 3.05. The lowest BCUT2D eigenvalue weighted by Gasteiger charge is -2.02. The van der Waals surface area contributed by atoms with Gasteiger partial charge in [-0.3, -0.25) is 0 Å². The number of hydrogen-bond donors (Lipinski definition) is 3. The molecule has 4 N–H and O–H groups in total. The van der Waals surface area contributed by atoms with Gasteiger partial charge in [0, 0.05) is 6.54 Å². The summed E-state index contributed by atoms with van der Waals surface area (Å²) < 4.78 is 0. The Labute approximate surface area is 91.8 Å². The van der Waals surface area contributed by atoms with Gasteiger partial charge in [-0.1, -0.05) is 12.2 Å². The molecule has 1 aromatic rings. The lowest BCUT2D eigenvalue weighted by atomic mass is 10.0. The first kappa shape index (κ1) is 11.9. The van der Waals surface area contributed by atoms with Gasteiger partial charge in [0.15, 0.2) is 0 Å². The van der Waals surface area contributed by atoms with E-state index in [9.17, 15) is 9.59 Å². The maximum Gasteiger partial charge on any atom is 0.336 e. The van der Waals surface area contributed by atoms with Crippen molar-refractivity contribution in [3.05, 3.63) is 41.0 Å². The third kappa shape index (κ3) is 2.68. The monoisotopic (exact) mass is 221 g/mol. The Morgan fingerprint density at radius 1 is 1.25 bits per heavy atom. The van der Waals surface area contributed by atoms with Crippen LogP contribution < -0.4 is 5.73 Å². The largest absolute Gasteiger partial charge is 0.478 e. The summed E-state index contributed by atoms with van der Waals surface area (Å²) >= 11 is 0. The molecule has 0 heterocycles. The van der Waals surface area contributed by atoms with Crippen LogP contribution in [0.3, 0.4) is 0 Å². The minimum atomic E-state index is -1.10. The summed E-state index contributed by atoms with van der Waals surface area (Å²) in [4.78, 5) is 21.6. The fraction of sp³-hybridized carbons (Fsp3) is 0.0909. The molecule has 5 heteroatoms. The minimum Gasteiger partial charge on any atom is -0.478 e. The van der Waals surface area contributed by atoms with Crippen molar-refractivity contribution in [1.29, 1.82) is 0 Å². The molecule has 0 aliphatic carbocycles. The van der Waals surface area contributed by atoms with Crippen molar-refractivity contribution >= 4 is 18.0 Å². The third-order valence-electron chi connectivity index (χ3n) is 1.96. The van der Waals surface area contributed by atoms with Gasteiger partial charge >= 0.3 is 11.9 Å². The molecule has 1 aromatic carbocycles. The molecular formula is C11H11NO4. The highest BCUT2D eigenvalue weighted by molar-refractivity contribution is 5.95. The minimum absolute atomic E-state index is 0.0432. The quantitative estimate of drug-likeness (QED) is 0.705. The number of carbonyl (C=O) groups is 2. The van der Waals surface area contributed by atoms with Crippen molar-refractivity contribution in [2.75, 3.05) is 6.54 Å². The molecule has 0 bridgehead atoms. The Morgan fingerprint density at radius 2 is 1.94 bits per heavy atom. The number of rotatable bonds is 4. The van der Waals surface area contributed by atoms with Gasteiger partial charge in [0.2, 0.25) is 0 Å². The number of aromatic carboxylic acids is 2. The molecule has 5 nitrogen and oxygen atoms in total. The van der Waals surface area contributed by atoms with Gasteiger partial charge in [0.25, 0.3) is 0 Å². The fourth-order valence-electron chi connectivity index (χ4n) is 1.22. The van der Waals surface area contributed by atoms with Crippen LogP contribution in [0.1, 0.15) is 26.3 Å². The number of hydrogen-bond acceptors (Lipinski definition) is 3. The summed E-state index contributed by atoms with van der Waals surface area (Å²) in [5, 5.41) is 17.6. The molecule has 1 rings (SSSR count). The van der Waals surface area contributed by atoms with E-state index in [2.05, 4.69) is 0 Å². The molecule has 0 saturated carbocycles. The molecule has 0 atom stereocenters. The molecule has 0 radical (unpaired) electrons. The van der Waals surface area contributed by atoms with E-state index >= 15 is 0 Å². The van der Waals surface area contributed by atoms with Crippen LogP contribution >= 0.6 is 0 Å². The van der Waals surface area contributed by atoms with Gasteiger partial charge in [-0.25, -0.2) is 9.59 Å². The maximum absolute atomic E-state index is 10.9. The zero-order valence-corrected chi connectivity index (χ0v) is 8.38. The Balaban J connectivity index is 3.26. The smallest absolute Gasteiger partial charge is 0.336 e. The lowest BCUT2D eigenvalue weighted by molar-refractivity contribution is 0.0681. The second kappa shape index (κ2) is 5.09. The van der Waals surface area contributed by atoms with Gasteiger partial charge in [-0.2, -0.15) is 0 Å². The molecule has 16 heavy (non-hydrogen) atoms. The highest BCUT2D eigenvalue weighted by Gasteiger charge is 2.11. The average Bonchev–Trinajstić information content (AvgIpc) is 2.25. The molecule has 0 aromatic heterocycles. The van der Waals surface area contributed by atoms with Crippen molar-refractivity contribution in [2.24, 2.45) is 5.73 Å². The summed E-state index contributed by atoms with van der Waals surface area (Å²) in [6.45, 7) is 0.260. The van der Waals surface area contributed by atoms with E-state index < -0.39 is 11.9 Å². The lowest BCUT2D eigenvalue weighted by Crippen LogP contribution is -2.03. The number of carboxylic acid groups (broad SMARTS) is 2. The first-order valence-corrected chi connectivity index (χ1v) is 4.53. The average molecular weight is 221 g/mol. The van der Waals surface area contributed by atoms with Crippen LogP contribution in [0.15, 0.2) is 24.3 Å². The predicted molar refractivity (Wildman–Crippen MR) is 58.4 cm³/mol. The molecule has 84 valence electrons. The molecule has 0 spiro atoms. The summed E-state index contributed by atoms with van der Waals surface area (Å²) in [5.74, 6) is -2.20. The number of benzene rings is 1. The van der Waals surface area contributed by atoms with Crippen LogP contribution in [0.25, 0.3) is 6.08 Å². The first-order valence-electron chi connectivity index (χ1n) is 4.53. The van der Waals surface area contributed by atoms with Gasteiger partial charge in [0.1, 0.15) is 0 Å². The molecule has 0 amide bonds. The van der Waals surface area contributed by atoms with Gasteiger partial charge in [-0.15, -0.1) is 0 Å². The molecule has 0 aliphatic heterocycles. The van der Waals surface area contributed by atoms with Gasteiger partial charge in [-0.05, 0) is 23.8 Å². The van der Waals surface area contributed by atoms with E-state index in [1.165, 1.54) is 24.3 Å². The molecule has 0 aliphatic rings. The highest BCUT2D eigenvalue weighted by atomic mass is 16.4. The van der Waals surface area contributed by atoms with Crippen molar-refractivity contribution < 1.29 is 19.8 Å². The topological polar surface area (TPSA) is 101 Å². The fourth-order valence-corrected chi connectivity index (χ4v) is 1.22. The summed E-state index contributed by atoms with van der Waals surface area (Å²) in [6.07, 6.45) is 3.06. The summed E-state index contributed by atoms with van der Waals surface area (Å²) in [5.41, 5.74) is 5.68. The molecule has 0 unspecified atom stereocenters. The van der Waals surface area contributed by atoms with Crippen LogP contribution in [-0.2, 0) is 0 Å². The zero-order valence-electron chi connectivity index (χ0n) is 8.38. The van der Waals surface area contributed by atoms with E-state index in [-0.39, 0.29) is 17.7 Å². The molecule has 0 saturated heterocycles. The van der Waals surface area contributed by atoms with Crippen LogP contribution in [0, 0.1) is 0 Å². The number of nitrogens with two attached hydrogens (primary N) is 1. The van der Waals surface area contributed by atoms with E-state index in [1.54, 1.807) is 6.08 Å². The SMILES string of the molecule is NCC=Cc1cc(C(=O)O)ccc1C(=O)O. The zero-order chi connectivity index (χ0) is 12.1. The van der Waals surface area contributed by atoms with Crippen molar-refractivity contribution in [2.45, 2.75) is 0 Å². The Bertz CT molecular complexity index is 451. The molecular weight excluding hydrogens is 210 g/mol. The van der Waals surface area contributed by atoms with Crippen LogP contribution in [-0.4, -0.2) is 28.7 Å². The first-order chi connectivity index (χ1) is 7.56. The Morgan fingerprint density at radius 3 is 2.44 bits per heavy atom. The Kier molecular flexibility index (Phi) is 3.79. The normalized spacial score (nSPS) is 10.6. The van der Waals surface area contributed by atoms with Crippen LogP contribution in [0.4, 0.5) is 0 Å². The van der Waals surface area contributed by atoms with E-state index in [0.717, 1.165) is 0 Å². The standard InChI is InChI=1S/C11H11NO4/c12-5-1-2-7-6-8(10(13)14)3-4-9(7)11(15)16/h1-4,6H,5,12H2,(H,13,14)(H,15,16). The second-order valence-corrected chi connectivity index (χ2v) is 3.05. The van der Waals surface area contributed by atoms with Crippen LogP contribution in [0.2, 0.25) is 0 Å². The van der Waals surface area contributed by atoms with E-state index in [1.807, 2.05) is 0 Å². The maximum atomic E-state index is 10.9. The van der Waals surface area contributed by atoms with E-state index in [4.69, 9.17) is 15.9 Å². The summed E-state index contributed by atoms with van der Waals surface area (Å²) in [7, 11) is 0. The highest BCUT2D eigenvalue weighted by Crippen LogP contribution is 2.14. The third-order valence-corrected chi connectivity index (χ3v) is 1.96. The summed E-state index contributed by atoms with van der Waals surface area (Å²) in [6, 6.07) is 3.82. The molecule has 0 fully saturated rings. The van der Waals surface area contributed by atoms with Gasteiger partial charge in [0.05, 0.1) is 11.1 Å².